The first kappa shape index (κ1) is 16.8. The highest BCUT2D eigenvalue weighted by Gasteiger charge is 2.17. The van der Waals surface area contributed by atoms with E-state index in [1.807, 2.05) is 66.7 Å². The SMILES string of the molecule is CN(C)c1nc(N(C)C)n2c(SCc3cccc(Cl)c3)nnc2n1. The Bertz CT molecular complexity index is 862. The van der Waals surface area contributed by atoms with Gasteiger partial charge < -0.3 is 9.80 Å². The molecular weight excluding hydrogens is 346 g/mol. The van der Waals surface area contributed by atoms with E-state index in [0.717, 1.165) is 27.4 Å². The Balaban J connectivity index is 1.97. The maximum atomic E-state index is 6.04. The maximum absolute atomic E-state index is 6.04. The van der Waals surface area contributed by atoms with Crippen LogP contribution in [0.4, 0.5) is 11.9 Å². The summed E-state index contributed by atoms with van der Waals surface area (Å²) < 4.78 is 1.86. The lowest BCUT2D eigenvalue weighted by Crippen LogP contribution is -2.20. The maximum Gasteiger partial charge on any atom is 0.261 e. The van der Waals surface area contributed by atoms with Gasteiger partial charge in [-0.3, -0.25) is 0 Å². The molecule has 0 aliphatic rings. The average Bonchev–Trinajstić information content (AvgIpc) is 2.95. The summed E-state index contributed by atoms with van der Waals surface area (Å²) in [5, 5.41) is 9.95. The van der Waals surface area contributed by atoms with E-state index in [4.69, 9.17) is 11.6 Å². The third kappa shape index (κ3) is 3.39. The number of nitrogens with zero attached hydrogens (tertiary/aromatic N) is 7. The van der Waals surface area contributed by atoms with Gasteiger partial charge in [0.25, 0.3) is 5.78 Å². The van der Waals surface area contributed by atoms with Crippen LogP contribution in [0.3, 0.4) is 0 Å². The molecule has 7 nitrogen and oxygen atoms in total. The molecular formula is C15H18ClN7S. The second-order valence-electron chi connectivity index (χ2n) is 5.65. The molecule has 0 aliphatic carbocycles. The molecule has 0 unspecified atom stereocenters. The topological polar surface area (TPSA) is 62.5 Å². The second-order valence-corrected chi connectivity index (χ2v) is 7.03. The fourth-order valence-corrected chi connectivity index (χ4v) is 3.21. The van der Waals surface area contributed by atoms with Crippen LogP contribution in [0.25, 0.3) is 5.78 Å². The number of anilines is 2. The van der Waals surface area contributed by atoms with Gasteiger partial charge in [0.15, 0.2) is 5.16 Å². The number of halogens is 1. The molecule has 3 aromatic rings. The number of aromatic nitrogens is 5. The van der Waals surface area contributed by atoms with Crippen molar-refractivity contribution in [2.24, 2.45) is 0 Å². The largest absolute Gasteiger partial charge is 0.348 e. The van der Waals surface area contributed by atoms with Crippen LogP contribution in [0.5, 0.6) is 0 Å². The number of hydrogen-bond donors (Lipinski definition) is 0. The Morgan fingerprint density at radius 1 is 1.08 bits per heavy atom. The molecule has 0 N–H and O–H groups in total. The van der Waals surface area contributed by atoms with Gasteiger partial charge in [0.1, 0.15) is 0 Å². The summed E-state index contributed by atoms with van der Waals surface area (Å²) in [5.74, 6) is 2.61. The molecule has 0 saturated carbocycles. The number of hydrogen-bond acceptors (Lipinski definition) is 7. The molecule has 9 heteroatoms. The zero-order valence-corrected chi connectivity index (χ0v) is 15.5. The average molecular weight is 364 g/mol. The molecule has 0 atom stereocenters. The Labute approximate surface area is 149 Å². The highest BCUT2D eigenvalue weighted by atomic mass is 35.5. The molecule has 1 aromatic carbocycles. The first-order chi connectivity index (χ1) is 11.5. The minimum Gasteiger partial charge on any atom is -0.348 e. The molecule has 0 bridgehead atoms. The zero-order chi connectivity index (χ0) is 17.3. The van der Waals surface area contributed by atoms with E-state index < -0.39 is 0 Å². The van der Waals surface area contributed by atoms with Gasteiger partial charge >= 0.3 is 0 Å². The molecule has 0 aliphatic heterocycles. The minimum atomic E-state index is 0.533. The highest BCUT2D eigenvalue weighted by Crippen LogP contribution is 2.26. The fraction of sp³-hybridized carbons (Fsp3) is 0.333. The lowest BCUT2D eigenvalue weighted by molar-refractivity contribution is 0.845. The summed E-state index contributed by atoms with van der Waals surface area (Å²) in [6.07, 6.45) is 0. The standard InChI is InChI=1S/C15H18ClN7S/c1-21(2)12-17-13-19-20-15(23(13)14(18-12)22(3)4)24-9-10-6-5-7-11(16)8-10/h5-8H,9H2,1-4H3. The van der Waals surface area contributed by atoms with Crippen LogP contribution in [0.1, 0.15) is 5.56 Å². The van der Waals surface area contributed by atoms with Gasteiger partial charge in [0.2, 0.25) is 11.9 Å². The van der Waals surface area contributed by atoms with Crippen molar-refractivity contribution in [2.75, 3.05) is 38.0 Å². The predicted octanol–water partition coefficient (Wildman–Crippen LogP) is 2.60. The van der Waals surface area contributed by atoms with E-state index in [1.54, 1.807) is 11.8 Å². The second kappa shape index (κ2) is 6.82. The predicted molar refractivity (Wildman–Crippen MR) is 98.2 cm³/mol. The first-order valence-corrected chi connectivity index (χ1v) is 8.67. The van der Waals surface area contributed by atoms with Gasteiger partial charge in [-0.05, 0) is 17.7 Å². The van der Waals surface area contributed by atoms with Crippen molar-refractivity contribution in [3.05, 3.63) is 34.9 Å². The third-order valence-electron chi connectivity index (χ3n) is 3.27. The molecule has 0 fully saturated rings. The van der Waals surface area contributed by atoms with E-state index in [0.29, 0.717) is 11.7 Å². The number of rotatable bonds is 5. The Morgan fingerprint density at radius 2 is 1.88 bits per heavy atom. The van der Waals surface area contributed by atoms with Gasteiger partial charge in [0, 0.05) is 39.0 Å². The lowest BCUT2D eigenvalue weighted by atomic mass is 10.2. The van der Waals surface area contributed by atoms with Crippen LogP contribution < -0.4 is 9.80 Å². The lowest BCUT2D eigenvalue weighted by Gasteiger charge is -2.17. The van der Waals surface area contributed by atoms with Gasteiger partial charge in [-0.1, -0.05) is 35.5 Å². The molecule has 2 heterocycles. The van der Waals surface area contributed by atoms with Crippen LogP contribution in [0.2, 0.25) is 5.02 Å². The van der Waals surface area contributed by atoms with Crippen molar-refractivity contribution in [2.45, 2.75) is 10.9 Å². The van der Waals surface area contributed by atoms with Crippen molar-refractivity contribution >= 4 is 41.0 Å². The van der Waals surface area contributed by atoms with Crippen LogP contribution in [0.15, 0.2) is 29.4 Å². The van der Waals surface area contributed by atoms with E-state index in [1.165, 1.54) is 0 Å². The zero-order valence-electron chi connectivity index (χ0n) is 13.9. The summed E-state index contributed by atoms with van der Waals surface area (Å²) in [6.45, 7) is 0. The molecule has 0 saturated heterocycles. The molecule has 0 spiro atoms. The third-order valence-corrected chi connectivity index (χ3v) is 4.51. The van der Waals surface area contributed by atoms with Crippen molar-refractivity contribution in [3.8, 4) is 0 Å². The van der Waals surface area contributed by atoms with Crippen molar-refractivity contribution in [1.82, 2.24) is 24.6 Å². The quantitative estimate of drug-likeness (QED) is 0.645. The first-order valence-electron chi connectivity index (χ1n) is 7.31. The Hall–Kier alpha value is -2.06. The normalized spacial score (nSPS) is 11.0. The Morgan fingerprint density at radius 3 is 2.54 bits per heavy atom. The van der Waals surface area contributed by atoms with Gasteiger partial charge in [0.05, 0.1) is 0 Å². The minimum absolute atomic E-state index is 0.533. The number of fused-ring (bicyclic) bond motifs is 1. The van der Waals surface area contributed by atoms with E-state index >= 15 is 0 Å². The summed E-state index contributed by atoms with van der Waals surface area (Å²) in [6, 6.07) is 7.79. The van der Waals surface area contributed by atoms with Crippen LogP contribution >= 0.6 is 23.4 Å². The number of benzene rings is 1. The molecule has 3 rings (SSSR count). The van der Waals surface area contributed by atoms with Gasteiger partial charge in [-0.15, -0.1) is 10.2 Å². The highest BCUT2D eigenvalue weighted by molar-refractivity contribution is 7.98. The molecule has 126 valence electrons. The van der Waals surface area contributed by atoms with Crippen molar-refractivity contribution < 1.29 is 0 Å². The molecule has 0 amide bonds. The van der Waals surface area contributed by atoms with Crippen molar-refractivity contribution in [1.29, 1.82) is 0 Å². The summed E-state index contributed by atoms with van der Waals surface area (Å²) in [7, 11) is 7.67. The molecule has 24 heavy (non-hydrogen) atoms. The smallest absolute Gasteiger partial charge is 0.261 e. The van der Waals surface area contributed by atoms with Gasteiger partial charge in [-0.25, -0.2) is 4.40 Å². The van der Waals surface area contributed by atoms with E-state index in [9.17, 15) is 0 Å². The fourth-order valence-electron chi connectivity index (χ4n) is 2.13. The van der Waals surface area contributed by atoms with E-state index in [2.05, 4.69) is 20.2 Å². The van der Waals surface area contributed by atoms with Gasteiger partial charge in [-0.2, -0.15) is 9.97 Å². The summed E-state index contributed by atoms with van der Waals surface area (Å²) in [4.78, 5) is 12.8. The number of thioether (sulfide) groups is 1. The summed E-state index contributed by atoms with van der Waals surface area (Å²) >= 11 is 7.62. The summed E-state index contributed by atoms with van der Waals surface area (Å²) in [5.41, 5.74) is 1.13. The monoisotopic (exact) mass is 363 g/mol. The Kier molecular flexibility index (Phi) is 4.77. The van der Waals surface area contributed by atoms with Crippen LogP contribution in [-0.4, -0.2) is 52.8 Å². The van der Waals surface area contributed by atoms with Crippen molar-refractivity contribution in [3.63, 3.8) is 0 Å². The molecule has 0 radical (unpaired) electrons. The molecule has 2 aromatic heterocycles. The van der Waals surface area contributed by atoms with Crippen LogP contribution in [0, 0.1) is 0 Å². The van der Waals surface area contributed by atoms with Crippen LogP contribution in [-0.2, 0) is 5.75 Å². The van der Waals surface area contributed by atoms with E-state index in [-0.39, 0.29) is 0 Å².